The highest BCUT2D eigenvalue weighted by Gasteiger charge is 2.37. The molecule has 0 saturated carbocycles. The van der Waals surface area contributed by atoms with Gasteiger partial charge in [0.05, 0.1) is 10.9 Å². The van der Waals surface area contributed by atoms with Crippen molar-refractivity contribution in [3.8, 4) is 0 Å². The molecule has 0 radical (unpaired) electrons. The molecular weight excluding hydrogens is 260 g/mol. The summed E-state index contributed by atoms with van der Waals surface area (Å²) in [6.45, 7) is 1.45. The van der Waals surface area contributed by atoms with Crippen LogP contribution in [0.5, 0.6) is 0 Å². The van der Waals surface area contributed by atoms with E-state index in [-0.39, 0.29) is 5.91 Å². The summed E-state index contributed by atoms with van der Waals surface area (Å²) in [5.74, 6) is -0.127. The number of ether oxygens (including phenoxy) is 1. The Morgan fingerprint density at radius 3 is 3.06 bits per heavy atom. The monoisotopic (exact) mass is 274 g/mol. The van der Waals surface area contributed by atoms with Crippen molar-refractivity contribution in [3.05, 3.63) is 21.3 Å². The van der Waals surface area contributed by atoms with Crippen LogP contribution in [0.25, 0.3) is 0 Å². The van der Waals surface area contributed by atoms with Crippen LogP contribution in [0.3, 0.4) is 0 Å². The van der Waals surface area contributed by atoms with Gasteiger partial charge in [0.15, 0.2) is 0 Å². The summed E-state index contributed by atoms with van der Waals surface area (Å²) in [4.78, 5) is 13.0. The molecule has 1 saturated heterocycles. The molecule has 3 N–H and O–H groups in total. The molecule has 0 aromatic carbocycles. The quantitative estimate of drug-likeness (QED) is 0.867. The third-order valence-corrected chi connectivity index (χ3v) is 4.08. The summed E-state index contributed by atoms with van der Waals surface area (Å²) in [7, 11) is 0. The van der Waals surface area contributed by atoms with E-state index in [2.05, 4.69) is 5.32 Å². The number of thiophene rings is 1. The Bertz CT molecular complexity index is 402. The topological polar surface area (TPSA) is 64.4 Å². The molecule has 2 rings (SSSR count). The summed E-state index contributed by atoms with van der Waals surface area (Å²) in [6, 6.07) is 3.83. The van der Waals surface area contributed by atoms with E-state index in [0.29, 0.717) is 26.2 Å². The minimum atomic E-state index is -0.840. The number of halogens is 1. The lowest BCUT2D eigenvalue weighted by molar-refractivity contribution is -0.126. The van der Waals surface area contributed by atoms with Gasteiger partial charge in [-0.3, -0.25) is 4.79 Å². The Morgan fingerprint density at radius 1 is 1.65 bits per heavy atom. The molecule has 4 nitrogen and oxygen atoms in total. The van der Waals surface area contributed by atoms with E-state index in [4.69, 9.17) is 22.1 Å². The van der Waals surface area contributed by atoms with Gasteiger partial charge in [0.2, 0.25) is 5.91 Å². The van der Waals surface area contributed by atoms with Crippen LogP contribution in [0.2, 0.25) is 4.34 Å². The number of carbonyl (C=O) groups is 1. The molecule has 1 aromatic heterocycles. The lowest BCUT2D eigenvalue weighted by atomic mass is 9.99. The van der Waals surface area contributed by atoms with Gasteiger partial charge in [0.1, 0.15) is 5.54 Å². The van der Waals surface area contributed by atoms with Crippen LogP contribution < -0.4 is 11.1 Å². The van der Waals surface area contributed by atoms with Crippen molar-refractivity contribution < 1.29 is 9.53 Å². The Hall–Kier alpha value is -0.620. The van der Waals surface area contributed by atoms with Crippen molar-refractivity contribution in [1.82, 2.24) is 5.32 Å². The van der Waals surface area contributed by atoms with Crippen LogP contribution in [-0.2, 0) is 16.0 Å². The molecule has 0 aliphatic carbocycles. The summed E-state index contributed by atoms with van der Waals surface area (Å²) in [6.07, 6.45) is 1.36. The number of amides is 1. The number of rotatable bonds is 4. The first-order valence-corrected chi connectivity index (χ1v) is 6.69. The first-order chi connectivity index (χ1) is 8.10. The second kappa shape index (κ2) is 5.35. The van der Waals surface area contributed by atoms with Gasteiger partial charge in [-0.15, -0.1) is 11.3 Å². The summed E-state index contributed by atoms with van der Waals surface area (Å²) in [5, 5.41) is 2.84. The van der Waals surface area contributed by atoms with E-state index in [1.54, 1.807) is 0 Å². The first-order valence-electron chi connectivity index (χ1n) is 5.49. The number of nitrogens with one attached hydrogen (secondary N) is 1. The highest BCUT2D eigenvalue weighted by atomic mass is 35.5. The van der Waals surface area contributed by atoms with Crippen molar-refractivity contribution >= 4 is 28.8 Å². The van der Waals surface area contributed by atoms with Gasteiger partial charge in [-0.25, -0.2) is 0 Å². The molecule has 1 amide bonds. The van der Waals surface area contributed by atoms with Crippen LogP contribution in [0, 0.1) is 0 Å². The van der Waals surface area contributed by atoms with Gasteiger partial charge in [-0.2, -0.15) is 0 Å². The lowest BCUT2D eigenvalue weighted by Crippen LogP contribution is -2.54. The SMILES string of the molecule is NC1(C(=O)NCCc2ccc(Cl)s2)CCOC1. The van der Waals surface area contributed by atoms with Gasteiger partial charge in [-0.1, -0.05) is 11.6 Å². The maximum Gasteiger partial charge on any atom is 0.242 e. The summed E-state index contributed by atoms with van der Waals surface area (Å²) >= 11 is 7.35. The minimum Gasteiger partial charge on any atom is -0.379 e. The fraction of sp³-hybridized carbons (Fsp3) is 0.545. The standard InChI is InChI=1S/C11H15ClN2O2S/c12-9-2-1-8(17-9)3-5-14-10(15)11(13)4-6-16-7-11/h1-2H,3-7,13H2,(H,14,15). The maximum absolute atomic E-state index is 11.8. The fourth-order valence-corrected chi connectivity index (χ4v) is 2.81. The smallest absolute Gasteiger partial charge is 0.242 e. The van der Waals surface area contributed by atoms with Crippen molar-refractivity contribution in [2.45, 2.75) is 18.4 Å². The average Bonchev–Trinajstić information content (AvgIpc) is 2.89. The third kappa shape index (κ3) is 3.19. The highest BCUT2D eigenvalue weighted by molar-refractivity contribution is 7.16. The molecule has 1 unspecified atom stereocenters. The number of nitrogens with two attached hydrogens (primary N) is 1. The van der Waals surface area contributed by atoms with Gasteiger partial charge >= 0.3 is 0 Å². The average molecular weight is 275 g/mol. The summed E-state index contributed by atoms with van der Waals surface area (Å²) < 4.78 is 5.92. The molecule has 94 valence electrons. The largest absolute Gasteiger partial charge is 0.379 e. The summed E-state index contributed by atoms with van der Waals surface area (Å²) in [5.41, 5.74) is 5.09. The molecule has 0 spiro atoms. The maximum atomic E-state index is 11.8. The predicted molar refractivity (Wildman–Crippen MR) is 68.4 cm³/mol. The zero-order valence-corrected chi connectivity index (χ0v) is 10.9. The van der Waals surface area contributed by atoms with Gasteiger partial charge in [0.25, 0.3) is 0 Å². The minimum absolute atomic E-state index is 0.127. The molecule has 1 atom stereocenters. The van der Waals surface area contributed by atoms with Crippen LogP contribution in [0.4, 0.5) is 0 Å². The number of hydrogen-bond donors (Lipinski definition) is 2. The zero-order chi connectivity index (χ0) is 12.3. The molecule has 6 heteroatoms. The van der Waals surface area contributed by atoms with Crippen molar-refractivity contribution in [3.63, 3.8) is 0 Å². The van der Waals surface area contributed by atoms with Crippen molar-refractivity contribution in [1.29, 1.82) is 0 Å². The van der Waals surface area contributed by atoms with E-state index < -0.39 is 5.54 Å². The van der Waals surface area contributed by atoms with E-state index in [1.165, 1.54) is 11.3 Å². The van der Waals surface area contributed by atoms with Crippen LogP contribution in [0.1, 0.15) is 11.3 Å². The van der Waals surface area contributed by atoms with Crippen LogP contribution in [0.15, 0.2) is 12.1 Å². The molecule has 17 heavy (non-hydrogen) atoms. The second-order valence-electron chi connectivity index (χ2n) is 4.17. The van der Waals surface area contributed by atoms with Crippen LogP contribution >= 0.6 is 22.9 Å². The normalized spacial score (nSPS) is 23.9. The Morgan fingerprint density at radius 2 is 2.47 bits per heavy atom. The highest BCUT2D eigenvalue weighted by Crippen LogP contribution is 2.21. The van der Waals surface area contributed by atoms with E-state index in [0.717, 1.165) is 15.6 Å². The van der Waals surface area contributed by atoms with Gasteiger partial charge in [0, 0.05) is 18.0 Å². The Kier molecular flexibility index (Phi) is 4.04. The first kappa shape index (κ1) is 12.8. The Balaban J connectivity index is 1.77. The van der Waals surface area contributed by atoms with Crippen molar-refractivity contribution in [2.75, 3.05) is 19.8 Å². The van der Waals surface area contributed by atoms with Crippen molar-refractivity contribution in [2.24, 2.45) is 5.73 Å². The van der Waals surface area contributed by atoms with Gasteiger partial charge < -0.3 is 15.8 Å². The third-order valence-electron chi connectivity index (χ3n) is 2.79. The Labute approximate surface area is 109 Å². The molecular formula is C11H15ClN2O2S. The van der Waals surface area contributed by atoms with E-state index in [9.17, 15) is 4.79 Å². The molecule has 0 bridgehead atoms. The number of hydrogen-bond acceptors (Lipinski definition) is 4. The van der Waals surface area contributed by atoms with E-state index >= 15 is 0 Å². The van der Waals surface area contributed by atoms with E-state index in [1.807, 2.05) is 12.1 Å². The fourth-order valence-electron chi connectivity index (χ4n) is 1.72. The lowest BCUT2D eigenvalue weighted by Gasteiger charge is -2.20. The predicted octanol–water partition coefficient (Wildman–Crippen LogP) is 1.18. The van der Waals surface area contributed by atoms with Gasteiger partial charge in [-0.05, 0) is 25.0 Å². The second-order valence-corrected chi connectivity index (χ2v) is 5.97. The zero-order valence-electron chi connectivity index (χ0n) is 9.37. The number of carbonyl (C=O) groups excluding carboxylic acids is 1. The van der Waals surface area contributed by atoms with Crippen LogP contribution in [-0.4, -0.2) is 31.2 Å². The molecule has 2 heterocycles. The molecule has 1 aromatic rings. The molecule has 1 aliphatic heterocycles. The molecule has 1 fully saturated rings. The molecule has 1 aliphatic rings.